The number of rotatable bonds is 10. The average Bonchev–Trinajstić information content (AvgIpc) is 2.30. The molecule has 0 aromatic heterocycles. The van der Waals surface area contributed by atoms with Gasteiger partial charge in [-0.1, -0.05) is 39.2 Å². The number of esters is 1. The van der Waals surface area contributed by atoms with Gasteiger partial charge in [-0.25, -0.2) is 4.79 Å². The van der Waals surface area contributed by atoms with Gasteiger partial charge in [0.1, 0.15) is 0 Å². The average molecular weight is 295 g/mol. The summed E-state index contributed by atoms with van der Waals surface area (Å²) >= 11 is 0. The molecule has 0 spiro atoms. The van der Waals surface area contributed by atoms with Gasteiger partial charge >= 0.3 is 5.97 Å². The van der Waals surface area contributed by atoms with Crippen molar-refractivity contribution in [3.8, 4) is 0 Å². The van der Waals surface area contributed by atoms with Crippen LogP contribution in [-0.2, 0) is 9.53 Å². The number of hydrogen-bond acceptors (Lipinski definition) is 2. The minimum Gasteiger partial charge on any atom is -1.00 e. The smallest absolute Gasteiger partial charge is 0.333 e. The van der Waals surface area contributed by atoms with Gasteiger partial charge < -0.3 is 17.1 Å². The Kier molecular flexibility index (Phi) is 13.5. The standard InChI is InChI=1S/C14H28O2P.ClH/c1-5-7-8-9-10-11-12-17(3,4)13-16-14(15)6-2;/h6H,2,5,7-13H2,1,3-4H3;1H/q+1;/p-1. The third kappa shape index (κ3) is 12.4. The predicted molar refractivity (Wildman–Crippen MR) is 78.2 cm³/mol. The molecule has 0 aromatic carbocycles. The Morgan fingerprint density at radius 1 is 1.17 bits per heavy atom. The van der Waals surface area contributed by atoms with Crippen LogP contribution in [0.15, 0.2) is 12.7 Å². The first-order valence-corrected chi connectivity index (χ1v) is 9.68. The Morgan fingerprint density at radius 2 is 1.72 bits per heavy atom. The lowest BCUT2D eigenvalue weighted by molar-refractivity contribution is -0.135. The summed E-state index contributed by atoms with van der Waals surface area (Å²) < 4.78 is 5.14. The molecule has 0 rings (SSSR count). The lowest BCUT2D eigenvalue weighted by atomic mass is 10.1. The Bertz CT molecular complexity index is 230. The Hall–Kier alpha value is -0.0700. The van der Waals surface area contributed by atoms with Gasteiger partial charge in [0.15, 0.2) is 6.35 Å². The highest BCUT2D eigenvalue weighted by molar-refractivity contribution is 7.74. The van der Waals surface area contributed by atoms with Crippen molar-refractivity contribution in [2.45, 2.75) is 45.4 Å². The molecular weight excluding hydrogens is 267 g/mol. The molecule has 2 nitrogen and oxygen atoms in total. The maximum Gasteiger partial charge on any atom is 0.333 e. The summed E-state index contributed by atoms with van der Waals surface area (Å²) in [7, 11) is -1.06. The molecule has 18 heavy (non-hydrogen) atoms. The molecule has 0 bridgehead atoms. The van der Waals surface area contributed by atoms with Gasteiger partial charge in [0.2, 0.25) is 0 Å². The third-order valence-electron chi connectivity index (χ3n) is 2.84. The molecule has 0 N–H and O–H groups in total. The molecule has 0 aliphatic carbocycles. The van der Waals surface area contributed by atoms with E-state index < -0.39 is 7.26 Å². The number of unbranched alkanes of at least 4 members (excludes halogenated alkanes) is 5. The van der Waals surface area contributed by atoms with Crippen LogP contribution in [0, 0.1) is 0 Å². The lowest BCUT2D eigenvalue weighted by Crippen LogP contribution is -3.00. The Morgan fingerprint density at radius 3 is 2.28 bits per heavy atom. The van der Waals surface area contributed by atoms with Crippen molar-refractivity contribution < 1.29 is 21.9 Å². The molecule has 4 heteroatoms. The second-order valence-corrected chi connectivity index (χ2v) is 9.80. The van der Waals surface area contributed by atoms with Crippen molar-refractivity contribution in [3.05, 3.63) is 12.7 Å². The summed E-state index contributed by atoms with van der Waals surface area (Å²) in [6.45, 7) is 10.2. The van der Waals surface area contributed by atoms with E-state index >= 15 is 0 Å². The summed E-state index contributed by atoms with van der Waals surface area (Å²) in [5.74, 6) is -0.291. The maximum atomic E-state index is 11.0. The molecular formula is C14H28ClO2P. The lowest BCUT2D eigenvalue weighted by Gasteiger charge is -2.17. The second-order valence-electron chi connectivity index (χ2n) is 5.22. The number of halogens is 1. The Labute approximate surface area is 119 Å². The molecule has 0 aliphatic heterocycles. The van der Waals surface area contributed by atoms with Gasteiger partial charge in [0.25, 0.3) is 0 Å². The van der Waals surface area contributed by atoms with Crippen molar-refractivity contribution in [2.24, 2.45) is 0 Å². The SMILES string of the molecule is C=CC(=O)OC[P+](C)(C)CCCCCCCC.[Cl-]. The normalized spacial score (nSPS) is 10.6. The van der Waals surface area contributed by atoms with Crippen molar-refractivity contribution in [3.63, 3.8) is 0 Å². The van der Waals surface area contributed by atoms with Crippen LogP contribution in [0.5, 0.6) is 0 Å². The molecule has 0 saturated heterocycles. The van der Waals surface area contributed by atoms with Crippen LogP contribution in [0.1, 0.15) is 45.4 Å². The summed E-state index contributed by atoms with van der Waals surface area (Å²) in [6.07, 6.45) is 11.0. The van der Waals surface area contributed by atoms with E-state index in [2.05, 4.69) is 26.8 Å². The van der Waals surface area contributed by atoms with Crippen molar-refractivity contribution in [1.29, 1.82) is 0 Å². The van der Waals surface area contributed by atoms with Gasteiger partial charge in [-0.2, -0.15) is 0 Å². The van der Waals surface area contributed by atoms with Crippen molar-refractivity contribution in [2.75, 3.05) is 25.8 Å². The minimum absolute atomic E-state index is 0. The summed E-state index contributed by atoms with van der Waals surface area (Å²) in [5, 5.41) is 0. The van der Waals surface area contributed by atoms with E-state index in [9.17, 15) is 4.79 Å². The predicted octanol–water partition coefficient (Wildman–Crippen LogP) is 1.31. The number of carbonyl (C=O) groups is 1. The van der Waals surface area contributed by atoms with Crippen LogP contribution < -0.4 is 12.4 Å². The summed E-state index contributed by atoms with van der Waals surface area (Å²) in [4.78, 5) is 11.0. The largest absolute Gasteiger partial charge is 1.00 e. The highest BCUT2D eigenvalue weighted by atomic mass is 35.5. The zero-order chi connectivity index (χ0) is 13.1. The van der Waals surface area contributed by atoms with Crippen molar-refractivity contribution >= 4 is 13.2 Å². The van der Waals surface area contributed by atoms with Crippen molar-refractivity contribution in [1.82, 2.24) is 0 Å². The van der Waals surface area contributed by atoms with Gasteiger partial charge in [-0.05, 0) is 12.8 Å². The molecule has 0 aromatic rings. The van der Waals surface area contributed by atoms with E-state index in [0.29, 0.717) is 6.35 Å². The van der Waals surface area contributed by atoms with Gasteiger partial charge in [-0.15, -0.1) is 0 Å². The number of carbonyl (C=O) groups excluding carboxylic acids is 1. The fraction of sp³-hybridized carbons (Fsp3) is 0.786. The maximum absolute atomic E-state index is 11.0. The monoisotopic (exact) mass is 294 g/mol. The third-order valence-corrected chi connectivity index (χ3v) is 5.19. The molecule has 0 radical (unpaired) electrons. The zero-order valence-electron chi connectivity index (χ0n) is 12.1. The van der Waals surface area contributed by atoms with Gasteiger partial charge in [-0.3, -0.25) is 0 Å². The first kappa shape index (κ1) is 20.3. The summed E-state index contributed by atoms with van der Waals surface area (Å²) in [5.41, 5.74) is 0. The van der Waals surface area contributed by atoms with Crippen LogP contribution in [0.3, 0.4) is 0 Å². The van der Waals surface area contributed by atoms with E-state index in [4.69, 9.17) is 4.74 Å². The molecule has 0 saturated carbocycles. The van der Waals surface area contributed by atoms with Crippen LogP contribution >= 0.6 is 7.26 Å². The molecule has 0 aliphatic rings. The zero-order valence-corrected chi connectivity index (χ0v) is 13.7. The van der Waals surface area contributed by atoms with Crippen LogP contribution in [0.25, 0.3) is 0 Å². The molecule has 0 unspecified atom stereocenters. The van der Waals surface area contributed by atoms with E-state index in [1.165, 1.54) is 50.8 Å². The van der Waals surface area contributed by atoms with Crippen LogP contribution in [0.4, 0.5) is 0 Å². The van der Waals surface area contributed by atoms with Gasteiger partial charge in [0, 0.05) is 13.3 Å². The minimum atomic E-state index is -1.06. The highest BCUT2D eigenvalue weighted by Gasteiger charge is 2.25. The first-order valence-electron chi connectivity index (χ1n) is 6.63. The fourth-order valence-electron chi connectivity index (χ4n) is 1.68. The fourth-order valence-corrected chi connectivity index (χ4v) is 3.37. The van der Waals surface area contributed by atoms with E-state index in [1.807, 2.05) is 0 Å². The number of hydrogen-bond donors (Lipinski definition) is 0. The van der Waals surface area contributed by atoms with E-state index in [0.717, 1.165) is 0 Å². The molecule has 0 heterocycles. The topological polar surface area (TPSA) is 26.3 Å². The molecule has 0 atom stereocenters. The van der Waals surface area contributed by atoms with Crippen LogP contribution in [-0.4, -0.2) is 31.8 Å². The first-order chi connectivity index (χ1) is 8.02. The van der Waals surface area contributed by atoms with E-state index in [1.54, 1.807) is 0 Å². The second kappa shape index (κ2) is 12.0. The quantitative estimate of drug-likeness (QED) is 0.263. The highest BCUT2D eigenvalue weighted by Crippen LogP contribution is 2.51. The molecule has 0 fully saturated rings. The van der Waals surface area contributed by atoms with Gasteiger partial charge in [0.05, 0.1) is 19.5 Å². The summed E-state index contributed by atoms with van der Waals surface area (Å²) in [6, 6.07) is 0. The van der Waals surface area contributed by atoms with Crippen LogP contribution in [0.2, 0.25) is 0 Å². The number of ether oxygens (including phenoxy) is 1. The molecule has 108 valence electrons. The van der Waals surface area contributed by atoms with E-state index in [-0.39, 0.29) is 18.4 Å². The Balaban J connectivity index is 0. The molecule has 0 amide bonds.